The highest BCUT2D eigenvalue weighted by molar-refractivity contribution is 5.94. The smallest absolute Gasteiger partial charge is 0.251 e. The third kappa shape index (κ3) is 4.62. The molecule has 0 aliphatic heterocycles. The summed E-state index contributed by atoms with van der Waals surface area (Å²) in [4.78, 5) is 12.2. The molecule has 0 saturated heterocycles. The summed E-state index contributed by atoms with van der Waals surface area (Å²) in [7, 11) is 0. The van der Waals surface area contributed by atoms with E-state index in [9.17, 15) is 4.79 Å². The summed E-state index contributed by atoms with van der Waals surface area (Å²) in [5.41, 5.74) is 1.74. The number of carbonyl (C=O) groups excluding carboxylic acids is 1. The first-order chi connectivity index (χ1) is 10.7. The molecule has 22 heavy (non-hydrogen) atoms. The van der Waals surface area contributed by atoms with E-state index in [1.54, 1.807) is 12.1 Å². The monoisotopic (exact) mass is 297 g/mol. The first kappa shape index (κ1) is 16.1. The van der Waals surface area contributed by atoms with E-state index in [0.29, 0.717) is 12.2 Å². The summed E-state index contributed by atoms with van der Waals surface area (Å²) in [5.74, 6) is 0.734. The molecule has 3 nitrogen and oxygen atoms in total. The quantitative estimate of drug-likeness (QED) is 0.771. The Kier molecular flexibility index (Phi) is 6.01. The molecule has 1 N–H and O–H groups in total. The Morgan fingerprint density at radius 1 is 1.09 bits per heavy atom. The van der Waals surface area contributed by atoms with E-state index < -0.39 is 0 Å². The van der Waals surface area contributed by atoms with Crippen molar-refractivity contribution < 1.29 is 9.53 Å². The van der Waals surface area contributed by atoms with Gasteiger partial charge in [0.05, 0.1) is 12.6 Å². The number of unbranched alkanes of at least 4 members (excludes halogenated alkanes) is 1. The van der Waals surface area contributed by atoms with Crippen LogP contribution >= 0.6 is 0 Å². The maximum atomic E-state index is 12.2. The largest absolute Gasteiger partial charge is 0.494 e. The summed E-state index contributed by atoms with van der Waals surface area (Å²) in [6, 6.07) is 17.2. The van der Waals surface area contributed by atoms with Crippen LogP contribution in [0, 0.1) is 0 Å². The van der Waals surface area contributed by atoms with Crippen LogP contribution < -0.4 is 10.1 Å². The second kappa shape index (κ2) is 8.23. The van der Waals surface area contributed by atoms with Crippen LogP contribution in [0.4, 0.5) is 0 Å². The number of benzene rings is 2. The molecular formula is C19H23NO2. The van der Waals surface area contributed by atoms with Crippen molar-refractivity contribution in [2.75, 3.05) is 6.61 Å². The Morgan fingerprint density at radius 2 is 1.77 bits per heavy atom. The lowest BCUT2D eigenvalue weighted by atomic mass is 10.1. The zero-order valence-electron chi connectivity index (χ0n) is 13.2. The third-order valence-corrected chi connectivity index (χ3v) is 3.53. The van der Waals surface area contributed by atoms with E-state index in [0.717, 1.165) is 24.2 Å². The molecule has 2 rings (SSSR count). The molecule has 1 atom stereocenters. The Hall–Kier alpha value is -2.29. The van der Waals surface area contributed by atoms with Crippen LogP contribution in [0.3, 0.4) is 0 Å². The molecular weight excluding hydrogens is 274 g/mol. The number of ether oxygens (including phenoxy) is 1. The molecule has 1 unspecified atom stereocenters. The minimum atomic E-state index is -0.0727. The van der Waals surface area contributed by atoms with Crippen LogP contribution in [-0.2, 0) is 0 Å². The lowest BCUT2D eigenvalue weighted by molar-refractivity contribution is 0.0940. The average Bonchev–Trinajstić information content (AvgIpc) is 2.56. The number of rotatable bonds is 7. The standard InChI is InChI=1S/C19H23NO2/c1-3-4-14-22-18-12-10-17(11-13-18)19(21)20-15(2)16-8-6-5-7-9-16/h5-13,15H,3-4,14H2,1-2H3,(H,20,21). The molecule has 0 radical (unpaired) electrons. The molecule has 116 valence electrons. The summed E-state index contributed by atoms with van der Waals surface area (Å²) in [5, 5.41) is 3.00. The Morgan fingerprint density at radius 3 is 2.41 bits per heavy atom. The molecule has 0 heterocycles. The summed E-state index contributed by atoms with van der Waals surface area (Å²) < 4.78 is 5.60. The maximum absolute atomic E-state index is 12.2. The zero-order valence-corrected chi connectivity index (χ0v) is 13.2. The first-order valence-corrected chi connectivity index (χ1v) is 7.79. The molecule has 0 bridgehead atoms. The number of hydrogen-bond donors (Lipinski definition) is 1. The average molecular weight is 297 g/mol. The molecule has 0 aliphatic rings. The van der Waals surface area contributed by atoms with Crippen LogP contribution in [0.2, 0.25) is 0 Å². The molecule has 3 heteroatoms. The van der Waals surface area contributed by atoms with Crippen LogP contribution in [0.15, 0.2) is 54.6 Å². The van der Waals surface area contributed by atoms with Gasteiger partial charge >= 0.3 is 0 Å². The number of amides is 1. The van der Waals surface area contributed by atoms with E-state index in [-0.39, 0.29) is 11.9 Å². The second-order valence-electron chi connectivity index (χ2n) is 5.33. The second-order valence-corrected chi connectivity index (χ2v) is 5.33. The summed E-state index contributed by atoms with van der Waals surface area (Å²) in [6.45, 7) is 4.83. The molecule has 0 aliphatic carbocycles. The highest BCUT2D eigenvalue weighted by atomic mass is 16.5. The van der Waals surface area contributed by atoms with Gasteiger partial charge in [0.1, 0.15) is 5.75 Å². The fourth-order valence-corrected chi connectivity index (χ4v) is 2.14. The van der Waals surface area contributed by atoms with Crippen molar-refractivity contribution >= 4 is 5.91 Å². The van der Waals surface area contributed by atoms with Gasteiger partial charge in [-0.1, -0.05) is 43.7 Å². The van der Waals surface area contributed by atoms with Crippen molar-refractivity contribution in [1.82, 2.24) is 5.32 Å². The van der Waals surface area contributed by atoms with Crippen molar-refractivity contribution in [3.05, 3.63) is 65.7 Å². The van der Waals surface area contributed by atoms with Crippen molar-refractivity contribution in [1.29, 1.82) is 0 Å². The third-order valence-electron chi connectivity index (χ3n) is 3.53. The van der Waals surface area contributed by atoms with Gasteiger partial charge in [0.15, 0.2) is 0 Å². The van der Waals surface area contributed by atoms with Crippen LogP contribution in [0.1, 0.15) is 48.7 Å². The molecule has 0 spiro atoms. The summed E-state index contributed by atoms with van der Waals surface area (Å²) >= 11 is 0. The van der Waals surface area contributed by atoms with E-state index in [2.05, 4.69) is 12.2 Å². The van der Waals surface area contributed by atoms with E-state index in [1.807, 2.05) is 49.4 Å². The molecule has 0 aromatic heterocycles. The number of hydrogen-bond acceptors (Lipinski definition) is 2. The number of nitrogens with one attached hydrogen (secondary N) is 1. The fourth-order valence-electron chi connectivity index (χ4n) is 2.14. The minimum Gasteiger partial charge on any atom is -0.494 e. The zero-order chi connectivity index (χ0) is 15.8. The highest BCUT2D eigenvalue weighted by Gasteiger charge is 2.11. The van der Waals surface area contributed by atoms with Crippen molar-refractivity contribution in [3.63, 3.8) is 0 Å². The molecule has 0 saturated carbocycles. The van der Waals surface area contributed by atoms with Gasteiger partial charge in [-0.2, -0.15) is 0 Å². The van der Waals surface area contributed by atoms with Gasteiger partial charge in [-0.05, 0) is 43.2 Å². The normalized spacial score (nSPS) is 11.7. The first-order valence-electron chi connectivity index (χ1n) is 7.79. The molecule has 0 fully saturated rings. The van der Waals surface area contributed by atoms with Crippen LogP contribution in [0.5, 0.6) is 5.75 Å². The topological polar surface area (TPSA) is 38.3 Å². The van der Waals surface area contributed by atoms with Crippen molar-refractivity contribution in [2.45, 2.75) is 32.7 Å². The van der Waals surface area contributed by atoms with Gasteiger partial charge in [-0.3, -0.25) is 4.79 Å². The van der Waals surface area contributed by atoms with Gasteiger partial charge in [0.2, 0.25) is 0 Å². The van der Waals surface area contributed by atoms with Crippen LogP contribution in [0.25, 0.3) is 0 Å². The lowest BCUT2D eigenvalue weighted by Crippen LogP contribution is -2.26. The van der Waals surface area contributed by atoms with Crippen molar-refractivity contribution in [3.8, 4) is 5.75 Å². The van der Waals surface area contributed by atoms with Crippen LogP contribution in [-0.4, -0.2) is 12.5 Å². The molecule has 2 aromatic rings. The fraction of sp³-hybridized carbons (Fsp3) is 0.316. The highest BCUT2D eigenvalue weighted by Crippen LogP contribution is 2.15. The van der Waals surface area contributed by atoms with Gasteiger partial charge in [0.25, 0.3) is 5.91 Å². The molecule has 1 amide bonds. The van der Waals surface area contributed by atoms with Gasteiger partial charge in [-0.25, -0.2) is 0 Å². The Bertz CT molecular complexity index is 578. The molecule has 2 aromatic carbocycles. The van der Waals surface area contributed by atoms with E-state index in [4.69, 9.17) is 4.74 Å². The predicted molar refractivity (Wildman–Crippen MR) is 89.2 cm³/mol. The van der Waals surface area contributed by atoms with Crippen molar-refractivity contribution in [2.24, 2.45) is 0 Å². The Labute approximate surface area is 132 Å². The number of carbonyl (C=O) groups is 1. The van der Waals surface area contributed by atoms with E-state index >= 15 is 0 Å². The SMILES string of the molecule is CCCCOc1ccc(C(=O)NC(C)c2ccccc2)cc1. The van der Waals surface area contributed by atoms with Gasteiger partial charge < -0.3 is 10.1 Å². The predicted octanol–water partition coefficient (Wildman–Crippen LogP) is 4.36. The van der Waals surface area contributed by atoms with Gasteiger partial charge in [0, 0.05) is 5.56 Å². The minimum absolute atomic E-state index is 0.0193. The Balaban J connectivity index is 1.92. The van der Waals surface area contributed by atoms with Gasteiger partial charge in [-0.15, -0.1) is 0 Å². The lowest BCUT2D eigenvalue weighted by Gasteiger charge is -2.14. The maximum Gasteiger partial charge on any atom is 0.251 e. The van der Waals surface area contributed by atoms with E-state index in [1.165, 1.54) is 0 Å². The summed E-state index contributed by atoms with van der Waals surface area (Å²) in [6.07, 6.45) is 2.15.